The van der Waals surface area contributed by atoms with E-state index >= 15 is 0 Å². The van der Waals surface area contributed by atoms with Crippen LogP contribution in [0.1, 0.15) is 120 Å². The van der Waals surface area contributed by atoms with Gasteiger partial charge in [-0.15, -0.1) is 0 Å². The van der Waals surface area contributed by atoms with Crippen molar-refractivity contribution in [2.75, 3.05) is 0 Å². The SMILES string of the molecule is C[C@]12CC[C@@H]3c4ccc(OC(=O)C5CCCCC5)cc4CC[C@H]3[C@@]13C[C@H]3C[C@@H]2OC(=O)C1CCCCC1. The molecule has 1 aromatic rings. The van der Waals surface area contributed by atoms with Crippen molar-refractivity contribution < 1.29 is 19.1 Å². The van der Waals surface area contributed by atoms with Gasteiger partial charge in [-0.2, -0.15) is 0 Å². The number of benzene rings is 1. The van der Waals surface area contributed by atoms with E-state index in [1.165, 1.54) is 56.1 Å². The Morgan fingerprint density at radius 3 is 2.30 bits per heavy atom. The number of ether oxygens (including phenoxy) is 2. The van der Waals surface area contributed by atoms with Gasteiger partial charge >= 0.3 is 11.9 Å². The van der Waals surface area contributed by atoms with Crippen LogP contribution in [0, 0.1) is 34.5 Å². The van der Waals surface area contributed by atoms with Crippen LogP contribution in [-0.4, -0.2) is 18.0 Å². The van der Waals surface area contributed by atoms with Gasteiger partial charge in [0.25, 0.3) is 0 Å². The maximum absolute atomic E-state index is 13.1. The van der Waals surface area contributed by atoms with Gasteiger partial charge in [-0.3, -0.25) is 9.59 Å². The molecule has 4 nitrogen and oxygen atoms in total. The number of hydrogen-bond acceptors (Lipinski definition) is 4. The van der Waals surface area contributed by atoms with Gasteiger partial charge < -0.3 is 9.47 Å². The molecule has 37 heavy (non-hydrogen) atoms. The lowest BCUT2D eigenvalue weighted by Gasteiger charge is -2.53. The monoisotopic (exact) mass is 504 g/mol. The summed E-state index contributed by atoms with van der Waals surface area (Å²) in [5.74, 6) is 3.06. The Labute approximate surface area is 222 Å². The lowest BCUT2D eigenvalue weighted by Crippen LogP contribution is -2.49. The van der Waals surface area contributed by atoms with Crippen molar-refractivity contribution in [1.29, 1.82) is 0 Å². The van der Waals surface area contributed by atoms with Crippen molar-refractivity contribution in [2.45, 2.75) is 122 Å². The van der Waals surface area contributed by atoms with Crippen molar-refractivity contribution in [3.05, 3.63) is 29.3 Å². The minimum absolute atomic E-state index is 0.0266. The van der Waals surface area contributed by atoms with E-state index < -0.39 is 0 Å². The molecule has 0 unspecified atom stereocenters. The van der Waals surface area contributed by atoms with Gasteiger partial charge in [-0.05, 0) is 111 Å². The first-order chi connectivity index (χ1) is 18.0. The molecule has 6 aliphatic rings. The summed E-state index contributed by atoms with van der Waals surface area (Å²) in [4.78, 5) is 25.8. The Morgan fingerprint density at radius 1 is 0.865 bits per heavy atom. The molecule has 0 aliphatic heterocycles. The first-order valence-electron chi connectivity index (χ1n) is 15.5. The van der Waals surface area contributed by atoms with E-state index in [1.807, 2.05) is 0 Å². The molecule has 0 N–H and O–H groups in total. The second-order valence-electron chi connectivity index (χ2n) is 13.8. The van der Waals surface area contributed by atoms with Crippen LogP contribution in [0.4, 0.5) is 0 Å². The molecule has 200 valence electrons. The fourth-order valence-corrected chi connectivity index (χ4v) is 10.1. The molecule has 0 heterocycles. The molecule has 0 saturated heterocycles. The van der Waals surface area contributed by atoms with E-state index in [1.54, 1.807) is 0 Å². The molecule has 4 heteroatoms. The van der Waals surface area contributed by atoms with Crippen LogP contribution in [0.25, 0.3) is 0 Å². The van der Waals surface area contributed by atoms with Crippen LogP contribution in [-0.2, 0) is 20.7 Å². The summed E-state index contributed by atoms with van der Waals surface area (Å²) in [6, 6.07) is 6.51. The van der Waals surface area contributed by atoms with E-state index in [9.17, 15) is 9.59 Å². The second-order valence-corrected chi connectivity index (χ2v) is 13.8. The van der Waals surface area contributed by atoms with Crippen molar-refractivity contribution in [3.63, 3.8) is 0 Å². The van der Waals surface area contributed by atoms with Gasteiger partial charge in [0.2, 0.25) is 0 Å². The number of aryl methyl sites for hydroxylation is 1. The molecule has 1 spiro atoms. The van der Waals surface area contributed by atoms with Gasteiger partial charge in [0, 0.05) is 5.41 Å². The van der Waals surface area contributed by atoms with E-state index in [-0.39, 0.29) is 35.3 Å². The third-order valence-electron chi connectivity index (χ3n) is 12.1. The van der Waals surface area contributed by atoms with E-state index in [4.69, 9.17) is 9.47 Å². The highest BCUT2D eigenvalue weighted by Crippen LogP contribution is 2.82. The van der Waals surface area contributed by atoms with Crippen LogP contribution in [0.5, 0.6) is 5.75 Å². The van der Waals surface area contributed by atoms with Crippen LogP contribution in [0.3, 0.4) is 0 Å². The predicted molar refractivity (Wildman–Crippen MR) is 142 cm³/mol. The van der Waals surface area contributed by atoms with Crippen LogP contribution in [0.15, 0.2) is 18.2 Å². The highest BCUT2D eigenvalue weighted by molar-refractivity contribution is 5.75. The third kappa shape index (κ3) is 3.82. The standard InChI is InChI=1S/C33H44O4/c1-32-17-16-27-26-14-13-25(36-30(34)21-8-4-2-5-9-21)18-23(26)12-15-28(27)33(32)20-24(33)19-29(32)37-31(35)22-10-6-3-7-11-22/h13-14,18,21-22,24,27-29H,2-12,15-17,19-20H2,1H3/t24-,27-,28-,29+,32-,33+/m1/s1. The average Bonchev–Trinajstić information content (AvgIpc) is 3.60. The van der Waals surface area contributed by atoms with E-state index in [0.717, 1.165) is 69.5 Å². The molecule has 7 rings (SSSR count). The average molecular weight is 505 g/mol. The van der Waals surface area contributed by atoms with Crippen molar-refractivity contribution in [1.82, 2.24) is 0 Å². The lowest BCUT2D eigenvalue weighted by molar-refractivity contribution is -0.167. The Kier molecular flexibility index (Phi) is 5.97. The topological polar surface area (TPSA) is 52.6 Å². The minimum atomic E-state index is -0.0266. The first kappa shape index (κ1) is 24.2. The van der Waals surface area contributed by atoms with Crippen molar-refractivity contribution in [3.8, 4) is 5.75 Å². The minimum Gasteiger partial charge on any atom is -0.462 e. The summed E-state index contributed by atoms with van der Waals surface area (Å²) in [5.41, 5.74) is 3.39. The summed E-state index contributed by atoms with van der Waals surface area (Å²) in [5, 5.41) is 0. The van der Waals surface area contributed by atoms with Crippen molar-refractivity contribution >= 4 is 11.9 Å². The zero-order valence-electron chi connectivity index (χ0n) is 22.6. The van der Waals surface area contributed by atoms with Crippen LogP contribution in [0.2, 0.25) is 0 Å². The molecule has 0 aromatic heterocycles. The quantitative estimate of drug-likeness (QED) is 0.314. The van der Waals surface area contributed by atoms with E-state index in [0.29, 0.717) is 17.3 Å². The van der Waals surface area contributed by atoms with Crippen LogP contribution >= 0.6 is 0 Å². The second kappa shape index (κ2) is 9.12. The van der Waals surface area contributed by atoms with Crippen LogP contribution < -0.4 is 4.74 Å². The van der Waals surface area contributed by atoms with Gasteiger partial charge in [0.15, 0.2) is 0 Å². The molecular formula is C33H44O4. The number of rotatable bonds is 4. The molecule has 0 amide bonds. The number of carbonyl (C=O) groups excluding carboxylic acids is 2. The zero-order chi connectivity index (χ0) is 25.2. The fourth-order valence-electron chi connectivity index (χ4n) is 10.1. The smallest absolute Gasteiger partial charge is 0.314 e. The molecule has 1 aromatic carbocycles. The molecule has 0 radical (unpaired) electrons. The summed E-state index contributed by atoms with van der Waals surface area (Å²) >= 11 is 0. The number of hydrogen-bond donors (Lipinski definition) is 0. The third-order valence-corrected chi connectivity index (χ3v) is 12.1. The molecule has 5 fully saturated rings. The summed E-state index contributed by atoms with van der Waals surface area (Å²) in [6.45, 7) is 2.47. The highest BCUT2D eigenvalue weighted by atomic mass is 16.5. The number of esters is 2. The maximum Gasteiger partial charge on any atom is 0.314 e. The maximum atomic E-state index is 13.1. The molecule has 0 bridgehead atoms. The molecule has 6 aliphatic carbocycles. The predicted octanol–water partition coefficient (Wildman–Crippen LogP) is 7.52. The summed E-state index contributed by atoms with van der Waals surface area (Å²) in [6.07, 6.45) is 18.3. The normalized spacial score (nSPS) is 39.1. The fraction of sp³-hybridized carbons (Fsp3) is 0.758. The Balaban J connectivity index is 1.06. The van der Waals surface area contributed by atoms with Gasteiger partial charge in [-0.25, -0.2) is 0 Å². The Morgan fingerprint density at radius 2 is 1.57 bits per heavy atom. The Hall–Kier alpha value is -1.84. The Bertz CT molecular complexity index is 1070. The molecule has 5 saturated carbocycles. The number of fused-ring (bicyclic) bond motifs is 3. The summed E-state index contributed by atoms with van der Waals surface area (Å²) < 4.78 is 12.3. The summed E-state index contributed by atoms with van der Waals surface area (Å²) in [7, 11) is 0. The highest BCUT2D eigenvalue weighted by Gasteiger charge is 2.77. The molecule has 6 atom stereocenters. The first-order valence-corrected chi connectivity index (χ1v) is 15.5. The van der Waals surface area contributed by atoms with Gasteiger partial charge in [-0.1, -0.05) is 51.5 Å². The lowest BCUT2D eigenvalue weighted by atomic mass is 9.52. The number of carbonyl (C=O) groups is 2. The van der Waals surface area contributed by atoms with Gasteiger partial charge in [0.1, 0.15) is 11.9 Å². The zero-order valence-corrected chi connectivity index (χ0v) is 22.6. The largest absolute Gasteiger partial charge is 0.462 e. The molecular weight excluding hydrogens is 460 g/mol. The van der Waals surface area contributed by atoms with Gasteiger partial charge in [0.05, 0.1) is 11.8 Å². The van der Waals surface area contributed by atoms with E-state index in [2.05, 4.69) is 25.1 Å². The van der Waals surface area contributed by atoms with Crippen molar-refractivity contribution in [2.24, 2.45) is 34.5 Å².